The summed E-state index contributed by atoms with van der Waals surface area (Å²) in [7, 11) is 0. The average molecular weight is 304 g/mol. The highest BCUT2D eigenvalue weighted by Crippen LogP contribution is 2.15. The normalized spacial score (nSPS) is 11.8. The van der Waals surface area contributed by atoms with Crippen molar-refractivity contribution in [1.29, 1.82) is 0 Å². The molecule has 0 aliphatic rings. The minimum atomic E-state index is -0.194. The van der Waals surface area contributed by atoms with E-state index in [9.17, 15) is 4.79 Å². The first-order valence-corrected chi connectivity index (χ1v) is 7.19. The van der Waals surface area contributed by atoms with Gasteiger partial charge in [0.25, 0.3) is 5.91 Å². The number of ether oxygens (including phenoxy) is 1. The Kier molecular flexibility index (Phi) is 5.23. The third-order valence-electron chi connectivity index (χ3n) is 3.02. The molecule has 1 amide bonds. The minimum Gasteiger partial charge on any atom is -0.491 e. The van der Waals surface area contributed by atoms with Gasteiger partial charge < -0.3 is 10.1 Å². The van der Waals surface area contributed by atoms with Crippen LogP contribution in [0.2, 0.25) is 5.02 Å². The van der Waals surface area contributed by atoms with Gasteiger partial charge in [0.1, 0.15) is 12.4 Å². The molecule has 21 heavy (non-hydrogen) atoms. The van der Waals surface area contributed by atoms with E-state index in [4.69, 9.17) is 16.3 Å². The van der Waals surface area contributed by atoms with E-state index in [0.29, 0.717) is 17.2 Å². The fourth-order valence-electron chi connectivity index (χ4n) is 1.84. The Balaban J connectivity index is 1.87. The molecule has 3 nitrogen and oxygen atoms in total. The summed E-state index contributed by atoms with van der Waals surface area (Å²) in [6.07, 6.45) is 0. The molecule has 0 bridgehead atoms. The van der Waals surface area contributed by atoms with E-state index in [1.54, 1.807) is 24.3 Å². The smallest absolute Gasteiger partial charge is 0.253 e. The third kappa shape index (κ3) is 4.50. The molecule has 4 heteroatoms. The third-order valence-corrected chi connectivity index (χ3v) is 3.35. The highest BCUT2D eigenvalue weighted by atomic mass is 35.5. The predicted octanol–water partition coefficient (Wildman–Crippen LogP) is 3.85. The molecule has 0 spiro atoms. The van der Waals surface area contributed by atoms with E-state index < -0.39 is 0 Å². The highest BCUT2D eigenvalue weighted by Gasteiger charge is 2.12. The number of benzene rings is 2. The van der Waals surface area contributed by atoms with Gasteiger partial charge in [0, 0.05) is 0 Å². The van der Waals surface area contributed by atoms with Crippen LogP contribution < -0.4 is 10.1 Å². The molecule has 1 atom stereocenters. The van der Waals surface area contributed by atoms with Crippen LogP contribution in [-0.2, 0) is 0 Å². The van der Waals surface area contributed by atoms with Crippen LogP contribution in [0.25, 0.3) is 0 Å². The van der Waals surface area contributed by atoms with Crippen LogP contribution >= 0.6 is 11.6 Å². The van der Waals surface area contributed by atoms with Crippen molar-refractivity contribution >= 4 is 17.5 Å². The van der Waals surface area contributed by atoms with E-state index in [1.807, 2.05) is 38.1 Å². The van der Waals surface area contributed by atoms with Crippen LogP contribution in [0.4, 0.5) is 0 Å². The summed E-state index contributed by atoms with van der Waals surface area (Å²) in [5.41, 5.74) is 1.66. The average Bonchev–Trinajstić information content (AvgIpc) is 2.47. The van der Waals surface area contributed by atoms with Gasteiger partial charge in [-0.1, -0.05) is 41.4 Å². The van der Waals surface area contributed by atoms with Crippen molar-refractivity contribution in [2.75, 3.05) is 6.61 Å². The molecule has 2 aromatic rings. The zero-order chi connectivity index (χ0) is 15.2. The number of aryl methyl sites for hydroxylation is 1. The maximum atomic E-state index is 12.1. The molecule has 110 valence electrons. The van der Waals surface area contributed by atoms with Gasteiger partial charge in [-0.05, 0) is 38.1 Å². The van der Waals surface area contributed by atoms with Gasteiger partial charge in [-0.3, -0.25) is 4.79 Å². The highest BCUT2D eigenvalue weighted by molar-refractivity contribution is 6.33. The van der Waals surface area contributed by atoms with Gasteiger partial charge in [0.2, 0.25) is 0 Å². The van der Waals surface area contributed by atoms with Gasteiger partial charge in [-0.25, -0.2) is 0 Å². The first-order valence-electron chi connectivity index (χ1n) is 6.81. The maximum Gasteiger partial charge on any atom is 0.253 e. The molecule has 0 heterocycles. The summed E-state index contributed by atoms with van der Waals surface area (Å²) >= 11 is 6.00. The Morgan fingerprint density at radius 3 is 2.52 bits per heavy atom. The number of halogens is 1. The molecule has 1 N–H and O–H groups in total. The van der Waals surface area contributed by atoms with E-state index in [2.05, 4.69) is 5.32 Å². The van der Waals surface area contributed by atoms with Gasteiger partial charge in [-0.15, -0.1) is 0 Å². The molecule has 0 aliphatic carbocycles. The van der Waals surface area contributed by atoms with Crippen molar-refractivity contribution < 1.29 is 9.53 Å². The van der Waals surface area contributed by atoms with Crippen molar-refractivity contribution in [3.63, 3.8) is 0 Å². The maximum absolute atomic E-state index is 12.1. The molecule has 2 rings (SSSR count). The Morgan fingerprint density at radius 2 is 1.86 bits per heavy atom. The monoisotopic (exact) mass is 303 g/mol. The van der Waals surface area contributed by atoms with Gasteiger partial charge in [0.05, 0.1) is 16.6 Å². The Bertz CT molecular complexity index is 610. The van der Waals surface area contributed by atoms with Crippen LogP contribution in [0, 0.1) is 6.92 Å². The second-order valence-electron chi connectivity index (χ2n) is 4.98. The summed E-state index contributed by atoms with van der Waals surface area (Å²) in [4.78, 5) is 12.1. The number of carbonyl (C=O) groups is 1. The van der Waals surface area contributed by atoms with E-state index in [1.165, 1.54) is 5.56 Å². The second kappa shape index (κ2) is 7.14. The van der Waals surface area contributed by atoms with E-state index in [0.717, 1.165) is 5.75 Å². The minimum absolute atomic E-state index is 0.116. The van der Waals surface area contributed by atoms with Crippen LogP contribution in [0.15, 0.2) is 48.5 Å². The van der Waals surface area contributed by atoms with Crippen LogP contribution in [-0.4, -0.2) is 18.6 Å². The van der Waals surface area contributed by atoms with E-state index >= 15 is 0 Å². The SMILES string of the molecule is Cc1ccc(OC[C@@H](C)NC(=O)c2ccccc2Cl)cc1. The quantitative estimate of drug-likeness (QED) is 0.911. The van der Waals surface area contributed by atoms with Crippen molar-refractivity contribution in [3.8, 4) is 5.75 Å². The van der Waals surface area contributed by atoms with Crippen LogP contribution in [0.5, 0.6) is 5.75 Å². The molecular weight excluding hydrogens is 286 g/mol. The molecule has 2 aromatic carbocycles. The number of hydrogen-bond acceptors (Lipinski definition) is 2. The predicted molar refractivity (Wildman–Crippen MR) is 85.1 cm³/mol. The number of carbonyl (C=O) groups excluding carboxylic acids is 1. The summed E-state index contributed by atoms with van der Waals surface area (Å²) < 4.78 is 5.64. The summed E-state index contributed by atoms with van der Waals surface area (Å²) in [6.45, 7) is 4.32. The van der Waals surface area contributed by atoms with Crippen molar-refractivity contribution in [1.82, 2.24) is 5.32 Å². The lowest BCUT2D eigenvalue weighted by Gasteiger charge is -2.15. The van der Waals surface area contributed by atoms with Crippen molar-refractivity contribution in [2.24, 2.45) is 0 Å². The summed E-state index contributed by atoms with van der Waals surface area (Å²) in [5.74, 6) is 0.597. The fraction of sp³-hybridized carbons (Fsp3) is 0.235. The Labute approximate surface area is 129 Å². The lowest BCUT2D eigenvalue weighted by atomic mass is 10.2. The molecule has 0 unspecified atom stereocenters. The van der Waals surface area contributed by atoms with Crippen molar-refractivity contribution in [3.05, 3.63) is 64.7 Å². The zero-order valence-electron chi connectivity index (χ0n) is 12.1. The molecule has 0 aromatic heterocycles. The lowest BCUT2D eigenvalue weighted by molar-refractivity contribution is 0.0927. The molecule has 0 saturated heterocycles. The van der Waals surface area contributed by atoms with Crippen LogP contribution in [0.3, 0.4) is 0 Å². The number of amides is 1. The molecule has 0 aliphatic heterocycles. The number of hydrogen-bond donors (Lipinski definition) is 1. The lowest BCUT2D eigenvalue weighted by Crippen LogP contribution is -2.36. The van der Waals surface area contributed by atoms with Crippen molar-refractivity contribution in [2.45, 2.75) is 19.9 Å². The molecule has 0 saturated carbocycles. The molecular formula is C17H18ClNO2. The molecule has 0 radical (unpaired) electrons. The standard InChI is InChI=1S/C17H18ClNO2/c1-12-7-9-14(10-8-12)21-11-13(2)19-17(20)15-5-3-4-6-16(15)18/h3-10,13H,11H2,1-2H3,(H,19,20)/t13-/m1/s1. The van der Waals surface area contributed by atoms with Gasteiger partial charge >= 0.3 is 0 Å². The van der Waals surface area contributed by atoms with Crippen LogP contribution in [0.1, 0.15) is 22.8 Å². The summed E-state index contributed by atoms with van der Waals surface area (Å²) in [5, 5.41) is 3.32. The molecule has 0 fully saturated rings. The Morgan fingerprint density at radius 1 is 1.19 bits per heavy atom. The first kappa shape index (κ1) is 15.4. The van der Waals surface area contributed by atoms with Gasteiger partial charge in [-0.2, -0.15) is 0 Å². The van der Waals surface area contributed by atoms with E-state index in [-0.39, 0.29) is 11.9 Å². The Hall–Kier alpha value is -2.00. The number of nitrogens with one attached hydrogen (secondary N) is 1. The second-order valence-corrected chi connectivity index (χ2v) is 5.39. The largest absolute Gasteiger partial charge is 0.491 e. The fourth-order valence-corrected chi connectivity index (χ4v) is 2.07. The topological polar surface area (TPSA) is 38.3 Å². The zero-order valence-corrected chi connectivity index (χ0v) is 12.9. The first-order chi connectivity index (χ1) is 10.1. The van der Waals surface area contributed by atoms with Gasteiger partial charge in [0.15, 0.2) is 0 Å². The summed E-state index contributed by atoms with van der Waals surface area (Å²) in [6, 6.07) is 14.7. The number of rotatable bonds is 5.